The molecule has 0 aromatic carbocycles. The van der Waals surface area contributed by atoms with Crippen molar-refractivity contribution in [2.24, 2.45) is 0 Å². The molecular formula is C15H20N4O3S. The minimum atomic E-state index is -0.329. The smallest absolute Gasteiger partial charge is 0.348 e. The van der Waals surface area contributed by atoms with Crippen molar-refractivity contribution in [3.8, 4) is 0 Å². The highest BCUT2D eigenvalue weighted by atomic mass is 32.1. The van der Waals surface area contributed by atoms with Gasteiger partial charge in [-0.25, -0.2) is 14.8 Å². The molecule has 0 unspecified atom stereocenters. The molecule has 0 radical (unpaired) electrons. The van der Waals surface area contributed by atoms with Crippen molar-refractivity contribution in [2.45, 2.75) is 6.92 Å². The number of hydrogen-bond acceptors (Lipinski definition) is 8. The lowest BCUT2D eigenvalue weighted by Gasteiger charge is -2.26. The maximum absolute atomic E-state index is 11.8. The molecule has 124 valence electrons. The number of nitrogens with one attached hydrogen (secondary N) is 1. The lowest BCUT2D eigenvalue weighted by Crippen LogP contribution is -2.39. The van der Waals surface area contributed by atoms with Gasteiger partial charge in [0, 0.05) is 26.2 Å². The second-order valence-corrected chi connectivity index (χ2v) is 6.33. The van der Waals surface area contributed by atoms with Gasteiger partial charge in [-0.1, -0.05) is 0 Å². The monoisotopic (exact) mass is 336 g/mol. The first kappa shape index (κ1) is 16.1. The Labute approximate surface area is 138 Å². The Morgan fingerprint density at radius 1 is 1.43 bits per heavy atom. The molecule has 7 nitrogen and oxygen atoms in total. The maximum Gasteiger partial charge on any atom is 0.348 e. The Balaban J connectivity index is 1.75. The average Bonchev–Trinajstić information content (AvgIpc) is 2.93. The quantitative estimate of drug-likeness (QED) is 0.830. The predicted molar refractivity (Wildman–Crippen MR) is 89.2 cm³/mol. The Morgan fingerprint density at radius 3 is 2.96 bits per heavy atom. The van der Waals surface area contributed by atoms with Gasteiger partial charge >= 0.3 is 5.97 Å². The fourth-order valence-electron chi connectivity index (χ4n) is 2.65. The summed E-state index contributed by atoms with van der Waals surface area (Å²) in [7, 11) is 1.39. The fraction of sp³-hybridized carbons (Fsp3) is 0.533. The number of methoxy groups -OCH3 is 1. The number of nitrogens with zero attached hydrogens (tertiary/aromatic N) is 3. The molecule has 1 saturated heterocycles. The number of rotatable bonds is 5. The van der Waals surface area contributed by atoms with Crippen LogP contribution in [0.1, 0.15) is 15.2 Å². The van der Waals surface area contributed by atoms with Crippen LogP contribution in [0.4, 0.5) is 5.82 Å². The summed E-state index contributed by atoms with van der Waals surface area (Å²) in [6, 6.07) is 0. The van der Waals surface area contributed by atoms with E-state index in [-0.39, 0.29) is 5.97 Å². The van der Waals surface area contributed by atoms with Gasteiger partial charge in [0.25, 0.3) is 0 Å². The van der Waals surface area contributed by atoms with Gasteiger partial charge in [-0.2, -0.15) is 0 Å². The summed E-state index contributed by atoms with van der Waals surface area (Å²) in [5.41, 5.74) is 0.867. The van der Waals surface area contributed by atoms with Gasteiger partial charge in [0.2, 0.25) is 0 Å². The fourth-order valence-corrected chi connectivity index (χ4v) is 3.72. The number of thiophene rings is 1. The van der Waals surface area contributed by atoms with Gasteiger partial charge in [0.05, 0.1) is 25.7 Å². The van der Waals surface area contributed by atoms with Crippen LogP contribution >= 0.6 is 11.3 Å². The molecule has 0 spiro atoms. The first-order valence-corrected chi connectivity index (χ1v) is 8.38. The van der Waals surface area contributed by atoms with E-state index in [1.54, 1.807) is 0 Å². The van der Waals surface area contributed by atoms with E-state index in [0.717, 1.165) is 61.0 Å². The molecular weight excluding hydrogens is 316 g/mol. The number of aryl methyl sites for hydroxylation is 1. The normalized spacial score (nSPS) is 15.7. The van der Waals surface area contributed by atoms with Crippen molar-refractivity contribution >= 4 is 33.3 Å². The summed E-state index contributed by atoms with van der Waals surface area (Å²) in [6.07, 6.45) is 1.52. The molecule has 0 aliphatic carbocycles. The number of esters is 1. The molecule has 1 fully saturated rings. The third-order valence-electron chi connectivity index (χ3n) is 3.92. The van der Waals surface area contributed by atoms with Gasteiger partial charge in [-0.05, 0) is 12.5 Å². The average molecular weight is 336 g/mol. The van der Waals surface area contributed by atoms with Crippen LogP contribution in [0, 0.1) is 6.92 Å². The largest absolute Gasteiger partial charge is 0.465 e. The van der Waals surface area contributed by atoms with Gasteiger partial charge in [0.1, 0.15) is 21.9 Å². The molecule has 2 aromatic rings. The molecule has 1 N–H and O–H groups in total. The third-order valence-corrected chi connectivity index (χ3v) is 5.10. The van der Waals surface area contributed by atoms with Crippen molar-refractivity contribution in [3.63, 3.8) is 0 Å². The highest BCUT2D eigenvalue weighted by Gasteiger charge is 2.19. The first-order chi connectivity index (χ1) is 11.2. The summed E-state index contributed by atoms with van der Waals surface area (Å²) in [6.45, 7) is 7.14. The molecule has 2 aromatic heterocycles. The number of carbonyl (C=O) groups excluding carboxylic acids is 1. The van der Waals surface area contributed by atoms with E-state index in [1.807, 2.05) is 6.92 Å². The second-order valence-electron chi connectivity index (χ2n) is 5.33. The molecule has 0 saturated carbocycles. The van der Waals surface area contributed by atoms with Crippen LogP contribution in [0.3, 0.4) is 0 Å². The van der Waals surface area contributed by atoms with Crippen molar-refractivity contribution in [1.29, 1.82) is 0 Å². The number of ether oxygens (including phenoxy) is 2. The van der Waals surface area contributed by atoms with Crippen LogP contribution in [-0.2, 0) is 9.47 Å². The zero-order valence-corrected chi connectivity index (χ0v) is 14.1. The number of carbonyl (C=O) groups is 1. The first-order valence-electron chi connectivity index (χ1n) is 7.57. The summed E-state index contributed by atoms with van der Waals surface area (Å²) < 4.78 is 10.2. The third kappa shape index (κ3) is 3.44. The number of aromatic nitrogens is 2. The standard InChI is InChI=1S/C15H20N4O3S/c1-10-11-13(16-3-4-19-5-7-22-8-6-19)17-9-18-14(11)23-12(10)15(20)21-2/h9H,3-8H2,1-2H3,(H,16,17,18). The van der Waals surface area contributed by atoms with Crippen LogP contribution in [0.2, 0.25) is 0 Å². The number of morpholine rings is 1. The van der Waals surface area contributed by atoms with Crippen LogP contribution in [0.15, 0.2) is 6.33 Å². The Bertz CT molecular complexity index is 697. The van der Waals surface area contributed by atoms with Crippen molar-refractivity contribution in [2.75, 3.05) is 51.8 Å². The SMILES string of the molecule is COC(=O)c1sc2ncnc(NCCN3CCOCC3)c2c1C. The summed E-state index contributed by atoms with van der Waals surface area (Å²) in [5.74, 6) is 0.442. The van der Waals surface area contributed by atoms with E-state index < -0.39 is 0 Å². The van der Waals surface area contributed by atoms with Crippen LogP contribution in [0.5, 0.6) is 0 Å². The maximum atomic E-state index is 11.8. The van der Waals surface area contributed by atoms with E-state index in [9.17, 15) is 4.79 Å². The molecule has 0 bridgehead atoms. The molecule has 8 heteroatoms. The minimum absolute atomic E-state index is 0.329. The predicted octanol–water partition coefficient (Wildman–Crippen LogP) is 1.53. The Kier molecular flexibility index (Phi) is 5.04. The van der Waals surface area contributed by atoms with E-state index >= 15 is 0 Å². The van der Waals surface area contributed by atoms with Crippen LogP contribution < -0.4 is 5.32 Å². The topological polar surface area (TPSA) is 76.6 Å². The van der Waals surface area contributed by atoms with Gasteiger partial charge < -0.3 is 14.8 Å². The number of fused-ring (bicyclic) bond motifs is 1. The molecule has 1 aliphatic heterocycles. The van der Waals surface area contributed by atoms with Gasteiger partial charge in [-0.15, -0.1) is 11.3 Å². The van der Waals surface area contributed by atoms with Crippen LogP contribution in [-0.4, -0.2) is 67.3 Å². The summed E-state index contributed by atoms with van der Waals surface area (Å²) in [4.78, 5) is 24.2. The lowest BCUT2D eigenvalue weighted by atomic mass is 10.2. The zero-order chi connectivity index (χ0) is 16.2. The summed E-state index contributed by atoms with van der Waals surface area (Å²) >= 11 is 1.34. The van der Waals surface area contributed by atoms with E-state index in [1.165, 1.54) is 24.8 Å². The molecule has 0 atom stereocenters. The van der Waals surface area contributed by atoms with Crippen molar-refractivity contribution < 1.29 is 14.3 Å². The second kappa shape index (κ2) is 7.20. The Hall–Kier alpha value is -1.77. The highest BCUT2D eigenvalue weighted by molar-refractivity contribution is 7.20. The molecule has 0 amide bonds. The Morgan fingerprint density at radius 2 is 2.22 bits per heavy atom. The number of anilines is 1. The zero-order valence-electron chi connectivity index (χ0n) is 13.3. The molecule has 1 aliphatic rings. The van der Waals surface area contributed by atoms with E-state index in [0.29, 0.717) is 4.88 Å². The van der Waals surface area contributed by atoms with Gasteiger partial charge in [-0.3, -0.25) is 4.90 Å². The van der Waals surface area contributed by atoms with E-state index in [4.69, 9.17) is 9.47 Å². The summed E-state index contributed by atoms with van der Waals surface area (Å²) in [5, 5.41) is 4.27. The van der Waals surface area contributed by atoms with Gasteiger partial charge in [0.15, 0.2) is 0 Å². The highest BCUT2D eigenvalue weighted by Crippen LogP contribution is 2.33. The number of hydrogen-bond donors (Lipinski definition) is 1. The molecule has 3 rings (SSSR count). The van der Waals surface area contributed by atoms with Crippen molar-refractivity contribution in [3.05, 3.63) is 16.8 Å². The lowest BCUT2D eigenvalue weighted by molar-refractivity contribution is 0.0398. The molecule has 23 heavy (non-hydrogen) atoms. The van der Waals surface area contributed by atoms with Crippen molar-refractivity contribution in [1.82, 2.24) is 14.9 Å². The van der Waals surface area contributed by atoms with E-state index in [2.05, 4.69) is 20.2 Å². The minimum Gasteiger partial charge on any atom is -0.465 e. The van der Waals surface area contributed by atoms with Crippen LogP contribution in [0.25, 0.3) is 10.2 Å². The molecule has 3 heterocycles.